The summed E-state index contributed by atoms with van der Waals surface area (Å²) in [5, 5.41) is 4.52. The van der Waals surface area contributed by atoms with Crippen molar-refractivity contribution in [3.63, 3.8) is 0 Å². The maximum absolute atomic E-state index is 5.80. The molecule has 0 saturated carbocycles. The van der Waals surface area contributed by atoms with Gasteiger partial charge in [0.2, 0.25) is 0 Å². The minimum absolute atomic E-state index is 0.446. The molecule has 4 heteroatoms. The average molecular weight is 343 g/mol. The normalized spacial score (nSPS) is 10.6. The number of ether oxygens (including phenoxy) is 1. The lowest BCUT2D eigenvalue weighted by atomic mass is 10.2. The molecular weight excluding hydrogens is 328 g/mol. The van der Waals surface area contributed by atoms with E-state index >= 15 is 0 Å². The molecule has 0 saturated heterocycles. The number of nitrogens with zero attached hydrogens (tertiary/aromatic N) is 2. The second kappa shape index (κ2) is 6.14. The van der Waals surface area contributed by atoms with Gasteiger partial charge in [-0.2, -0.15) is 5.10 Å². The Balaban J connectivity index is 1.70. The Kier molecular flexibility index (Phi) is 4.06. The zero-order chi connectivity index (χ0) is 14.7. The van der Waals surface area contributed by atoms with Crippen LogP contribution in [-0.2, 0) is 6.61 Å². The fraction of sp³-hybridized carbons (Fsp3) is 0.118. The molecule has 3 aromatic rings. The van der Waals surface area contributed by atoms with Crippen LogP contribution in [0.3, 0.4) is 0 Å². The molecule has 0 N–H and O–H groups in total. The lowest BCUT2D eigenvalue weighted by Gasteiger charge is -2.07. The molecule has 1 heterocycles. The molecule has 0 fully saturated rings. The van der Waals surface area contributed by atoms with Gasteiger partial charge in [-0.3, -0.25) is 0 Å². The third-order valence-electron chi connectivity index (χ3n) is 3.13. The molecule has 1 aromatic heterocycles. The Morgan fingerprint density at radius 3 is 2.67 bits per heavy atom. The van der Waals surface area contributed by atoms with Crippen molar-refractivity contribution in [2.24, 2.45) is 0 Å². The van der Waals surface area contributed by atoms with Gasteiger partial charge in [-0.15, -0.1) is 0 Å². The molecule has 0 unspecified atom stereocenters. The van der Waals surface area contributed by atoms with Crippen LogP contribution in [0, 0.1) is 6.92 Å². The molecule has 21 heavy (non-hydrogen) atoms. The van der Waals surface area contributed by atoms with Crippen LogP contribution in [0.5, 0.6) is 5.75 Å². The summed E-state index contributed by atoms with van der Waals surface area (Å²) in [6.07, 6.45) is 1.94. The highest BCUT2D eigenvalue weighted by Crippen LogP contribution is 2.26. The number of benzene rings is 2. The van der Waals surface area contributed by atoms with E-state index in [1.165, 1.54) is 5.56 Å². The molecular formula is C17H15BrN2O. The van der Waals surface area contributed by atoms with Crippen LogP contribution in [0.4, 0.5) is 0 Å². The van der Waals surface area contributed by atoms with Crippen molar-refractivity contribution in [2.75, 3.05) is 0 Å². The first-order valence-electron chi connectivity index (χ1n) is 6.71. The van der Waals surface area contributed by atoms with Crippen molar-refractivity contribution in [3.8, 4) is 11.4 Å². The maximum atomic E-state index is 5.80. The molecule has 0 amide bonds. The molecule has 0 atom stereocenters. The fourth-order valence-corrected chi connectivity index (χ4v) is 2.65. The third kappa shape index (κ3) is 3.34. The van der Waals surface area contributed by atoms with E-state index in [0.29, 0.717) is 6.61 Å². The first-order valence-corrected chi connectivity index (χ1v) is 7.50. The molecule has 0 aliphatic carbocycles. The molecule has 0 radical (unpaired) electrons. The predicted octanol–water partition coefficient (Wildman–Crippen LogP) is 4.52. The van der Waals surface area contributed by atoms with Gasteiger partial charge in [0.05, 0.1) is 10.2 Å². The SMILES string of the molecule is Cc1ccc(OCc2ccn(-c3ccccc3)n2)c(Br)c1. The van der Waals surface area contributed by atoms with Gasteiger partial charge in [-0.25, -0.2) is 4.68 Å². The van der Waals surface area contributed by atoms with Crippen LogP contribution < -0.4 is 4.74 Å². The Hall–Kier alpha value is -2.07. The smallest absolute Gasteiger partial charge is 0.134 e. The summed E-state index contributed by atoms with van der Waals surface area (Å²) >= 11 is 3.51. The van der Waals surface area contributed by atoms with E-state index < -0.39 is 0 Å². The molecule has 0 aliphatic heterocycles. The van der Waals surface area contributed by atoms with Crippen LogP contribution in [0.25, 0.3) is 5.69 Å². The van der Waals surface area contributed by atoms with E-state index in [2.05, 4.69) is 28.0 Å². The highest BCUT2D eigenvalue weighted by atomic mass is 79.9. The Morgan fingerprint density at radius 1 is 1.10 bits per heavy atom. The van der Waals surface area contributed by atoms with Gasteiger partial charge in [0, 0.05) is 6.20 Å². The third-order valence-corrected chi connectivity index (χ3v) is 3.75. The Bertz CT molecular complexity index is 738. The molecule has 0 aliphatic rings. The number of hydrogen-bond acceptors (Lipinski definition) is 2. The summed E-state index contributed by atoms with van der Waals surface area (Å²) in [5.41, 5.74) is 3.13. The van der Waals surface area contributed by atoms with Crippen molar-refractivity contribution in [2.45, 2.75) is 13.5 Å². The van der Waals surface area contributed by atoms with E-state index in [1.807, 2.05) is 65.5 Å². The minimum atomic E-state index is 0.446. The standard InChI is InChI=1S/C17H15BrN2O/c1-13-7-8-17(16(18)11-13)21-12-14-9-10-20(19-14)15-5-3-2-4-6-15/h2-11H,12H2,1H3. The molecule has 0 bridgehead atoms. The highest BCUT2D eigenvalue weighted by Gasteiger charge is 2.04. The summed E-state index contributed by atoms with van der Waals surface area (Å²) in [5.74, 6) is 0.829. The minimum Gasteiger partial charge on any atom is -0.486 e. The van der Waals surface area contributed by atoms with Gasteiger partial charge in [-0.05, 0) is 58.7 Å². The molecule has 3 rings (SSSR count). The van der Waals surface area contributed by atoms with Gasteiger partial charge >= 0.3 is 0 Å². The number of para-hydroxylation sites is 1. The zero-order valence-corrected chi connectivity index (χ0v) is 13.2. The zero-order valence-electron chi connectivity index (χ0n) is 11.7. The summed E-state index contributed by atoms with van der Waals surface area (Å²) in [6, 6.07) is 18.0. The van der Waals surface area contributed by atoms with Crippen LogP contribution in [-0.4, -0.2) is 9.78 Å². The van der Waals surface area contributed by atoms with Crippen molar-refractivity contribution in [1.29, 1.82) is 0 Å². The summed E-state index contributed by atoms with van der Waals surface area (Å²) in [4.78, 5) is 0. The van der Waals surface area contributed by atoms with E-state index in [4.69, 9.17) is 4.74 Å². The fourth-order valence-electron chi connectivity index (χ4n) is 2.04. The first-order chi connectivity index (χ1) is 10.2. The Morgan fingerprint density at radius 2 is 1.90 bits per heavy atom. The number of aromatic nitrogens is 2. The van der Waals surface area contributed by atoms with Gasteiger partial charge in [0.25, 0.3) is 0 Å². The molecule has 3 nitrogen and oxygen atoms in total. The van der Waals surface area contributed by atoms with E-state index in [1.54, 1.807) is 0 Å². The van der Waals surface area contributed by atoms with E-state index in [-0.39, 0.29) is 0 Å². The summed E-state index contributed by atoms with van der Waals surface area (Å²) in [7, 11) is 0. The van der Waals surface area contributed by atoms with Gasteiger partial charge in [-0.1, -0.05) is 24.3 Å². The monoisotopic (exact) mass is 342 g/mol. The number of halogens is 1. The topological polar surface area (TPSA) is 27.1 Å². The van der Waals surface area contributed by atoms with Crippen molar-refractivity contribution >= 4 is 15.9 Å². The van der Waals surface area contributed by atoms with Crippen molar-refractivity contribution in [1.82, 2.24) is 9.78 Å². The Labute approximate surface area is 132 Å². The number of rotatable bonds is 4. The van der Waals surface area contributed by atoms with Crippen molar-refractivity contribution in [3.05, 3.63) is 76.5 Å². The average Bonchev–Trinajstić information content (AvgIpc) is 2.96. The first kappa shape index (κ1) is 13.9. The quantitative estimate of drug-likeness (QED) is 0.696. The maximum Gasteiger partial charge on any atom is 0.134 e. The second-order valence-corrected chi connectivity index (χ2v) is 5.66. The summed E-state index contributed by atoms with van der Waals surface area (Å²) in [6.45, 7) is 2.50. The van der Waals surface area contributed by atoms with Gasteiger partial charge in [0.1, 0.15) is 18.1 Å². The molecule has 0 spiro atoms. The van der Waals surface area contributed by atoms with Crippen molar-refractivity contribution < 1.29 is 4.74 Å². The number of aryl methyl sites for hydroxylation is 1. The van der Waals surface area contributed by atoms with Crippen LogP contribution in [0.2, 0.25) is 0 Å². The van der Waals surface area contributed by atoms with Crippen LogP contribution in [0.1, 0.15) is 11.3 Å². The molecule has 2 aromatic carbocycles. The lowest BCUT2D eigenvalue weighted by Crippen LogP contribution is -2.00. The van der Waals surface area contributed by atoms with Crippen LogP contribution in [0.15, 0.2) is 65.3 Å². The van der Waals surface area contributed by atoms with E-state index in [9.17, 15) is 0 Å². The number of hydrogen-bond donors (Lipinski definition) is 0. The predicted molar refractivity (Wildman–Crippen MR) is 86.8 cm³/mol. The molecule has 106 valence electrons. The largest absolute Gasteiger partial charge is 0.486 e. The van der Waals surface area contributed by atoms with Gasteiger partial charge < -0.3 is 4.74 Å². The van der Waals surface area contributed by atoms with E-state index in [0.717, 1.165) is 21.6 Å². The van der Waals surface area contributed by atoms with Gasteiger partial charge in [0.15, 0.2) is 0 Å². The lowest BCUT2D eigenvalue weighted by molar-refractivity contribution is 0.298. The second-order valence-electron chi connectivity index (χ2n) is 4.81. The summed E-state index contributed by atoms with van der Waals surface area (Å²) < 4.78 is 8.62. The van der Waals surface area contributed by atoms with Crippen LogP contribution >= 0.6 is 15.9 Å². The highest BCUT2D eigenvalue weighted by molar-refractivity contribution is 9.10.